The van der Waals surface area contributed by atoms with Crippen LogP contribution < -0.4 is 4.90 Å². The topological polar surface area (TPSA) is 76.3 Å². The number of amides is 1. The molecule has 1 aromatic heterocycles. The molecule has 214 valence electrons. The fraction of sp³-hybridized carbons (Fsp3) is 0.500. The molecule has 1 saturated heterocycles. The van der Waals surface area contributed by atoms with Gasteiger partial charge in [-0.05, 0) is 34.1 Å². The van der Waals surface area contributed by atoms with Crippen LogP contribution in [0.15, 0.2) is 41.5 Å². The fourth-order valence-corrected chi connectivity index (χ4v) is 7.66. The van der Waals surface area contributed by atoms with E-state index in [-0.39, 0.29) is 29.9 Å². The number of carbonyl (C=O) groups is 2. The molecule has 3 aliphatic rings. The predicted octanol–water partition coefficient (Wildman–Crippen LogP) is 4.87. The number of halogens is 1. The number of pyridine rings is 1. The van der Waals surface area contributed by atoms with Crippen molar-refractivity contribution in [2.75, 3.05) is 13.1 Å². The van der Waals surface area contributed by atoms with Gasteiger partial charge in [0, 0.05) is 0 Å². The van der Waals surface area contributed by atoms with Crippen LogP contribution in [0.3, 0.4) is 0 Å². The molecule has 0 saturated carbocycles. The predicted molar refractivity (Wildman–Crippen MR) is 163 cm³/mol. The summed E-state index contributed by atoms with van der Waals surface area (Å²) in [6, 6.07) is 10.2. The number of benzene rings is 1. The number of fused-ring (bicyclic) bond motifs is 2. The zero-order valence-corrected chi connectivity index (χ0v) is 29.6. The van der Waals surface area contributed by atoms with Crippen LogP contribution in [-0.4, -0.2) is 82.7 Å². The minimum Gasteiger partial charge on any atom is -0.414 e. The van der Waals surface area contributed by atoms with Gasteiger partial charge in [0.1, 0.15) is 5.60 Å². The molecular weight excluding hydrogens is 728 g/mol. The van der Waals surface area contributed by atoms with Gasteiger partial charge in [0.05, 0.1) is 12.6 Å². The van der Waals surface area contributed by atoms with Crippen LogP contribution in [0.4, 0.5) is 4.79 Å². The van der Waals surface area contributed by atoms with E-state index < -0.39 is 5.60 Å². The average molecular weight is 768 g/mol. The zero-order valence-electron chi connectivity index (χ0n) is 24.4. The van der Waals surface area contributed by atoms with E-state index in [1.54, 1.807) is 0 Å². The molecule has 9 heteroatoms. The van der Waals surface area contributed by atoms with Crippen molar-refractivity contribution in [1.82, 2.24) is 7.69 Å². The number of rotatable bonds is 5. The molecule has 2 aromatic rings. The first-order valence-corrected chi connectivity index (χ1v) is 17.0. The quantitative estimate of drug-likeness (QED) is 0.440. The number of ketones is 1. The third-order valence-corrected chi connectivity index (χ3v) is 10.0. The van der Waals surface area contributed by atoms with Crippen LogP contribution >= 0.6 is 11.6 Å². The van der Waals surface area contributed by atoms with E-state index >= 15 is 0 Å². The molecule has 41 heavy (non-hydrogen) atoms. The van der Waals surface area contributed by atoms with Crippen LogP contribution in [-0.2, 0) is 9.53 Å². The molecule has 1 N–H and O–H groups in total. The molecule has 5 unspecified atom stereocenters. The number of aromatic nitrogens is 1. The number of likely N-dealkylation sites (tertiary alicyclic amines) is 1. The Morgan fingerprint density at radius 2 is 2.00 bits per heavy atom. The zero-order chi connectivity index (χ0) is 29.3. The van der Waals surface area contributed by atoms with Crippen LogP contribution in [0, 0.1) is 5.92 Å². The Kier molecular flexibility index (Phi) is 9.35. The molecular formula is C32H39ClN4O3Tl+. The number of hydrogen-bond donors (Lipinski definition) is 1. The number of Topliss-reactive ketones (excluding diaryl/α,β-unsaturated/α-hetero) is 1. The summed E-state index contributed by atoms with van der Waals surface area (Å²) >= 11 is 7.19. The molecule has 1 aromatic carbocycles. The first kappa shape index (κ1) is 30.4. The molecule has 0 radical (unpaired) electrons. The van der Waals surface area contributed by atoms with Gasteiger partial charge in [-0.3, -0.25) is 0 Å². The summed E-state index contributed by atoms with van der Waals surface area (Å²) in [5.74, 6) is 0.548. The number of nitrogens with one attached hydrogen (secondary N) is 1. The van der Waals surface area contributed by atoms with E-state index in [2.05, 4.69) is 32.8 Å². The first-order chi connectivity index (χ1) is 19.5. The van der Waals surface area contributed by atoms with Crippen molar-refractivity contribution in [2.45, 2.75) is 83.4 Å². The second-order valence-corrected chi connectivity index (χ2v) is 15.6. The van der Waals surface area contributed by atoms with E-state index in [4.69, 9.17) is 21.3 Å². The summed E-state index contributed by atoms with van der Waals surface area (Å²) in [6.07, 6.45) is 9.61. The monoisotopic (exact) mass is 767 g/mol. The molecule has 3 heterocycles. The van der Waals surface area contributed by atoms with Crippen LogP contribution in [0.1, 0.15) is 88.1 Å². The molecule has 1 fully saturated rings. The van der Waals surface area contributed by atoms with Crippen molar-refractivity contribution in [1.29, 1.82) is 0 Å². The second kappa shape index (κ2) is 12.6. The molecule has 0 spiro atoms. The van der Waals surface area contributed by atoms with Gasteiger partial charge in [-0.25, -0.2) is 4.90 Å². The Bertz CT molecular complexity index is 1370. The van der Waals surface area contributed by atoms with E-state index in [0.29, 0.717) is 56.4 Å². The Balaban J connectivity index is 1.46. The summed E-state index contributed by atoms with van der Waals surface area (Å²) in [5, 5.41) is 0.691. The number of aliphatic imine (C=N–C) groups is 1. The minimum atomic E-state index is -0.510. The smallest absolute Gasteiger partial charge is 0.414 e. The molecule has 2 aliphatic heterocycles. The first-order valence-electron chi connectivity index (χ1n) is 14.6. The Morgan fingerprint density at radius 3 is 2.73 bits per heavy atom. The van der Waals surface area contributed by atoms with E-state index in [9.17, 15) is 9.59 Å². The molecule has 0 bridgehead atoms. The standard InChI is InChI=1S/C32H38ClN4O3.Tl/c1-20-7-8-21(13-15-37(20)31(39)40-32(2,3)4)29-25-11-10-24(33)17-23(25)16-22(26-6-5-14-35-30(26)29)9-12-28(38)27-18-34-19-36-27;/h5-6,10-11,14,16-17,19-21,27,29H,7-9,12-13,15,18H2,1-4H3;/q-1;+1/p+1. The van der Waals surface area contributed by atoms with Gasteiger partial charge in [-0.1, -0.05) is 0 Å². The summed E-state index contributed by atoms with van der Waals surface area (Å²) < 4.78 is 7.90. The third kappa shape index (κ3) is 7.10. The van der Waals surface area contributed by atoms with Gasteiger partial charge >= 0.3 is 199 Å². The molecule has 7 nitrogen and oxygen atoms in total. The van der Waals surface area contributed by atoms with Gasteiger partial charge in [0.2, 0.25) is 0 Å². The number of nitrogens with zero attached hydrogens (tertiary/aromatic N) is 3. The van der Waals surface area contributed by atoms with Gasteiger partial charge in [0.25, 0.3) is 0 Å². The van der Waals surface area contributed by atoms with Gasteiger partial charge in [0.15, 0.2) is 0 Å². The number of quaternary nitrogens is 1. The maximum absolute atomic E-state index is 13.1. The van der Waals surface area contributed by atoms with E-state index in [1.165, 1.54) is 5.56 Å². The molecule has 5 rings (SSSR count). The van der Waals surface area contributed by atoms with Gasteiger partial charge in [-0.15, -0.1) is 0 Å². The Hall–Kier alpha value is -2.11. The van der Waals surface area contributed by atoms with Crippen molar-refractivity contribution < 1.29 is 19.2 Å². The third-order valence-electron chi connectivity index (χ3n) is 8.47. The minimum absolute atomic E-state index is 0.0622. The van der Waals surface area contributed by atoms with Crippen molar-refractivity contribution in [3.8, 4) is 0 Å². The SMILES string of the molecule is CC1CCC(C2c3ccc(Cl)cc3C=C(CCC(=O)C3C[N]([Tl])C=N3)c3cccnc32)CC[NH+]1C(=O)OC(C)(C)C. The van der Waals surface area contributed by atoms with Crippen molar-refractivity contribution >= 4 is 67.5 Å². The van der Waals surface area contributed by atoms with Crippen LogP contribution in [0.5, 0.6) is 0 Å². The molecule has 1 aliphatic carbocycles. The van der Waals surface area contributed by atoms with Crippen LogP contribution in [0.25, 0.3) is 11.6 Å². The van der Waals surface area contributed by atoms with E-state index in [1.807, 2.05) is 51.5 Å². The molecule has 5 atom stereocenters. The Morgan fingerprint density at radius 1 is 1.20 bits per heavy atom. The second-order valence-electron chi connectivity index (χ2n) is 12.6. The summed E-state index contributed by atoms with van der Waals surface area (Å²) in [5.41, 5.74) is 5.05. The number of hydrogen-bond acceptors (Lipinski definition) is 6. The summed E-state index contributed by atoms with van der Waals surface area (Å²) in [7, 11) is 0. The fourth-order valence-electron chi connectivity index (χ4n) is 6.41. The van der Waals surface area contributed by atoms with Gasteiger partial charge in [-0.2, -0.15) is 4.79 Å². The number of alkyl carbamates (subject to hydrolysis) is 2. The van der Waals surface area contributed by atoms with Gasteiger partial charge < -0.3 is 4.74 Å². The maximum atomic E-state index is 13.1. The van der Waals surface area contributed by atoms with E-state index in [0.717, 1.165) is 53.1 Å². The number of ether oxygens (including phenoxy) is 1. The normalized spacial score (nSPS) is 25.9. The Labute approximate surface area is 264 Å². The summed E-state index contributed by atoms with van der Waals surface area (Å²) in [6.45, 7) is 9.35. The number of carbonyl (C=O) groups excluding carboxylic acids is 2. The van der Waals surface area contributed by atoms with Crippen molar-refractivity contribution in [3.63, 3.8) is 0 Å². The van der Waals surface area contributed by atoms with Crippen LogP contribution in [0.2, 0.25) is 5.02 Å². The average Bonchev–Trinajstić information content (AvgIpc) is 3.19. The van der Waals surface area contributed by atoms with Crippen molar-refractivity contribution in [2.24, 2.45) is 10.9 Å². The molecule has 1 amide bonds. The number of allylic oxidation sites excluding steroid dienone is 1. The van der Waals surface area contributed by atoms with Crippen molar-refractivity contribution in [3.05, 3.63) is 63.9 Å². The summed E-state index contributed by atoms with van der Waals surface area (Å²) in [4.78, 5) is 36.5.